The van der Waals surface area contributed by atoms with E-state index in [0.717, 1.165) is 16.2 Å². The van der Waals surface area contributed by atoms with Crippen molar-refractivity contribution in [1.82, 2.24) is 5.32 Å². The molecule has 0 aliphatic heterocycles. The number of nitrogens with one attached hydrogen (secondary N) is 1. The van der Waals surface area contributed by atoms with Gasteiger partial charge in [0.05, 0.1) is 5.70 Å². The predicted octanol–water partition coefficient (Wildman–Crippen LogP) is 4.14. The molecule has 0 heterocycles. The topological polar surface area (TPSA) is 46.2 Å². The first-order valence-electron chi connectivity index (χ1n) is 8.36. The maximum absolute atomic E-state index is 14.2. The smallest absolute Gasteiger partial charge is 0.221 e. The minimum absolute atomic E-state index is 0.201. The van der Waals surface area contributed by atoms with Gasteiger partial charge in [-0.05, 0) is 5.56 Å². The highest BCUT2D eigenvalue weighted by Gasteiger charge is 2.26. The molecule has 0 fully saturated rings. The van der Waals surface area contributed by atoms with E-state index in [-0.39, 0.29) is 5.91 Å². The molecule has 3 aromatic carbocycles. The lowest BCUT2D eigenvalue weighted by atomic mass is 10.2. The lowest BCUT2D eigenvalue weighted by Gasteiger charge is -2.18. The first kappa shape index (κ1) is 17.9. The molecule has 3 aromatic rings. The largest absolute Gasteiger partial charge is 0.326 e. The predicted molar refractivity (Wildman–Crippen MR) is 108 cm³/mol. The normalized spacial score (nSPS) is 11.8. The Morgan fingerprint density at radius 3 is 1.62 bits per heavy atom. The molecule has 0 aromatic heterocycles. The second-order valence-electron chi connectivity index (χ2n) is 5.92. The molecule has 0 aliphatic rings. The Morgan fingerprint density at radius 1 is 0.769 bits per heavy atom. The van der Waals surface area contributed by atoms with Crippen LogP contribution in [0.5, 0.6) is 0 Å². The maximum Gasteiger partial charge on any atom is 0.221 e. The van der Waals surface area contributed by atoms with Crippen molar-refractivity contribution in [2.75, 3.05) is 0 Å². The molecule has 0 saturated heterocycles. The van der Waals surface area contributed by atoms with Gasteiger partial charge >= 0.3 is 0 Å². The van der Waals surface area contributed by atoms with Gasteiger partial charge in [-0.2, -0.15) is 0 Å². The van der Waals surface area contributed by atoms with E-state index in [0.29, 0.717) is 5.70 Å². The summed E-state index contributed by atoms with van der Waals surface area (Å²) < 4.78 is 14.2. The quantitative estimate of drug-likeness (QED) is 0.695. The summed E-state index contributed by atoms with van der Waals surface area (Å²) in [5.74, 6) is 1.50. The van der Waals surface area contributed by atoms with Crippen LogP contribution >= 0.6 is 7.14 Å². The SMILES string of the molecule is CC(=O)NC(=CP(=O)(c1ccccc1)c1ccccc1)c1ccccc1. The summed E-state index contributed by atoms with van der Waals surface area (Å²) in [4.78, 5) is 11.7. The zero-order valence-corrected chi connectivity index (χ0v) is 15.4. The summed E-state index contributed by atoms with van der Waals surface area (Å²) in [7, 11) is -3.08. The highest BCUT2D eigenvalue weighted by Crippen LogP contribution is 2.46. The van der Waals surface area contributed by atoms with Gasteiger partial charge in [-0.1, -0.05) is 91.0 Å². The zero-order chi connectivity index (χ0) is 18.4. The Balaban J connectivity index is 2.22. The molecule has 0 radical (unpaired) electrons. The molecule has 0 spiro atoms. The Morgan fingerprint density at radius 2 is 1.19 bits per heavy atom. The fraction of sp³-hybridized carbons (Fsp3) is 0.0455. The molecular weight excluding hydrogens is 341 g/mol. The van der Waals surface area contributed by atoms with Gasteiger partial charge in [-0.25, -0.2) is 0 Å². The van der Waals surface area contributed by atoms with Gasteiger partial charge in [-0.15, -0.1) is 0 Å². The molecule has 0 aliphatic carbocycles. The van der Waals surface area contributed by atoms with Crippen LogP contribution < -0.4 is 15.9 Å². The third-order valence-electron chi connectivity index (χ3n) is 3.99. The van der Waals surface area contributed by atoms with Crippen LogP contribution in [0.1, 0.15) is 12.5 Å². The minimum atomic E-state index is -3.08. The molecule has 4 heteroatoms. The number of carbonyl (C=O) groups is 1. The number of amides is 1. The number of hydrogen-bond acceptors (Lipinski definition) is 2. The lowest BCUT2D eigenvalue weighted by Crippen LogP contribution is -2.20. The molecule has 26 heavy (non-hydrogen) atoms. The molecule has 0 unspecified atom stereocenters. The molecule has 0 atom stereocenters. The van der Waals surface area contributed by atoms with Gasteiger partial charge in [0.25, 0.3) is 0 Å². The van der Waals surface area contributed by atoms with Gasteiger partial charge < -0.3 is 9.88 Å². The van der Waals surface area contributed by atoms with E-state index in [9.17, 15) is 9.36 Å². The monoisotopic (exact) mass is 361 g/mol. The average molecular weight is 361 g/mol. The maximum atomic E-state index is 14.2. The molecule has 3 nitrogen and oxygen atoms in total. The standard InChI is InChI=1S/C22H20NO2P/c1-18(24)23-22(19-11-5-2-6-12-19)17-26(25,20-13-7-3-8-14-20)21-15-9-4-10-16-21/h2-17H,1H3,(H,23,24). The van der Waals surface area contributed by atoms with Gasteiger partial charge in [0, 0.05) is 23.3 Å². The van der Waals surface area contributed by atoms with Crippen molar-refractivity contribution in [1.29, 1.82) is 0 Å². The number of carbonyl (C=O) groups excluding carboxylic acids is 1. The molecule has 3 rings (SSSR count). The van der Waals surface area contributed by atoms with Crippen LogP contribution in [0.25, 0.3) is 5.70 Å². The fourth-order valence-electron chi connectivity index (χ4n) is 2.77. The van der Waals surface area contributed by atoms with Crippen molar-refractivity contribution in [2.24, 2.45) is 0 Å². The molecule has 0 saturated carbocycles. The second-order valence-corrected chi connectivity index (χ2v) is 8.53. The minimum Gasteiger partial charge on any atom is -0.326 e. The first-order chi connectivity index (χ1) is 12.6. The van der Waals surface area contributed by atoms with Gasteiger partial charge in [-0.3, -0.25) is 4.79 Å². The average Bonchev–Trinajstić information content (AvgIpc) is 2.69. The fourth-order valence-corrected chi connectivity index (χ4v) is 5.17. The summed E-state index contributed by atoms with van der Waals surface area (Å²) in [6.07, 6.45) is 0. The Labute approximate surface area is 153 Å². The van der Waals surface area contributed by atoms with Crippen LogP contribution in [0, 0.1) is 0 Å². The highest BCUT2D eigenvalue weighted by molar-refractivity contribution is 7.81. The highest BCUT2D eigenvalue weighted by atomic mass is 31.2. The van der Waals surface area contributed by atoms with E-state index < -0.39 is 7.14 Å². The first-order valence-corrected chi connectivity index (χ1v) is 10.1. The Kier molecular flexibility index (Phi) is 5.50. The Bertz CT molecular complexity index is 908. The third-order valence-corrected chi connectivity index (χ3v) is 6.74. The van der Waals surface area contributed by atoms with Crippen molar-refractivity contribution in [3.63, 3.8) is 0 Å². The number of hydrogen-bond donors (Lipinski definition) is 1. The van der Waals surface area contributed by atoms with E-state index in [1.165, 1.54) is 6.92 Å². The zero-order valence-electron chi connectivity index (χ0n) is 14.5. The van der Waals surface area contributed by atoms with Crippen molar-refractivity contribution >= 4 is 29.4 Å². The van der Waals surface area contributed by atoms with E-state index in [2.05, 4.69) is 5.32 Å². The molecule has 0 bridgehead atoms. The van der Waals surface area contributed by atoms with Gasteiger partial charge in [0.15, 0.2) is 7.14 Å². The Hall–Kier alpha value is -2.90. The van der Waals surface area contributed by atoms with Crippen molar-refractivity contribution < 1.29 is 9.36 Å². The molecule has 1 N–H and O–H groups in total. The van der Waals surface area contributed by atoms with E-state index >= 15 is 0 Å². The summed E-state index contributed by atoms with van der Waals surface area (Å²) in [5.41, 5.74) is 1.36. The van der Waals surface area contributed by atoms with Crippen LogP contribution in [-0.4, -0.2) is 5.91 Å². The summed E-state index contributed by atoms with van der Waals surface area (Å²) in [6, 6.07) is 28.2. The van der Waals surface area contributed by atoms with Crippen LogP contribution in [0.4, 0.5) is 0 Å². The van der Waals surface area contributed by atoms with Gasteiger partial charge in [0.2, 0.25) is 5.91 Å². The summed E-state index contributed by atoms with van der Waals surface area (Å²) in [6.45, 7) is 1.45. The lowest BCUT2D eigenvalue weighted by molar-refractivity contribution is -0.117. The molecule has 1 amide bonds. The van der Waals surface area contributed by atoms with Crippen LogP contribution in [0.3, 0.4) is 0 Å². The van der Waals surface area contributed by atoms with Crippen molar-refractivity contribution in [3.8, 4) is 0 Å². The molecule has 130 valence electrons. The van der Waals surface area contributed by atoms with Crippen molar-refractivity contribution in [3.05, 3.63) is 102 Å². The molecular formula is C22H20NO2P. The van der Waals surface area contributed by atoms with Gasteiger partial charge in [0.1, 0.15) is 0 Å². The van der Waals surface area contributed by atoms with Crippen LogP contribution in [-0.2, 0) is 9.36 Å². The second kappa shape index (κ2) is 7.99. The summed E-state index contributed by atoms with van der Waals surface area (Å²) in [5, 5.41) is 4.29. The van der Waals surface area contributed by atoms with E-state index in [1.807, 2.05) is 91.0 Å². The summed E-state index contributed by atoms with van der Waals surface area (Å²) >= 11 is 0. The van der Waals surface area contributed by atoms with Crippen LogP contribution in [0.15, 0.2) is 96.8 Å². The third kappa shape index (κ3) is 4.01. The van der Waals surface area contributed by atoms with E-state index in [1.54, 1.807) is 5.82 Å². The van der Waals surface area contributed by atoms with Crippen molar-refractivity contribution in [2.45, 2.75) is 6.92 Å². The van der Waals surface area contributed by atoms with Crippen LogP contribution in [0.2, 0.25) is 0 Å². The number of rotatable bonds is 5. The van der Waals surface area contributed by atoms with E-state index in [4.69, 9.17) is 0 Å². The number of benzene rings is 3.